The van der Waals surface area contributed by atoms with Gasteiger partial charge < -0.3 is 0 Å². The van der Waals surface area contributed by atoms with Gasteiger partial charge in [-0.05, 0) is 36.6 Å². The number of likely N-dealkylation sites (tertiary alicyclic amines) is 1. The number of hydrogen-bond acceptors (Lipinski definition) is 1. The zero-order valence-electron chi connectivity index (χ0n) is 10.8. The quantitative estimate of drug-likeness (QED) is 0.728. The molecule has 0 aliphatic carbocycles. The van der Waals surface area contributed by atoms with Crippen LogP contribution < -0.4 is 0 Å². The van der Waals surface area contributed by atoms with E-state index in [4.69, 9.17) is 0 Å². The van der Waals surface area contributed by atoms with E-state index in [1.54, 1.807) is 12.1 Å². The van der Waals surface area contributed by atoms with E-state index in [1.165, 1.54) is 0 Å². The van der Waals surface area contributed by atoms with Gasteiger partial charge in [0.25, 0.3) is 0 Å². The van der Waals surface area contributed by atoms with Gasteiger partial charge in [-0.15, -0.1) is 0 Å². The molecule has 0 saturated carbocycles. The molecule has 1 saturated heterocycles. The highest BCUT2D eigenvalue weighted by atomic mass is 79.9. The second-order valence-corrected chi connectivity index (χ2v) is 6.39. The smallest absolute Gasteiger partial charge is 0.298 e. The van der Waals surface area contributed by atoms with Crippen LogP contribution in [0.3, 0.4) is 0 Å². The van der Waals surface area contributed by atoms with Crippen LogP contribution >= 0.6 is 15.9 Å². The highest BCUT2D eigenvalue weighted by Gasteiger charge is 2.30. The van der Waals surface area contributed by atoms with E-state index in [1.807, 2.05) is 0 Å². The van der Waals surface area contributed by atoms with Crippen molar-refractivity contribution < 1.29 is 13.2 Å². The number of alkyl halides is 4. The number of piperidine rings is 1. The summed E-state index contributed by atoms with van der Waals surface area (Å²) in [5.41, 5.74) is 0.351. The second-order valence-electron chi connectivity index (χ2n) is 5.21. The zero-order valence-corrected chi connectivity index (χ0v) is 12.3. The molecule has 0 spiro atoms. The van der Waals surface area contributed by atoms with Gasteiger partial charge in [0.15, 0.2) is 0 Å². The first-order chi connectivity index (χ1) is 8.86. The van der Waals surface area contributed by atoms with Crippen molar-refractivity contribution in [2.75, 3.05) is 13.1 Å². The summed E-state index contributed by atoms with van der Waals surface area (Å²) in [4.78, 5) is 2.75. The summed E-state index contributed by atoms with van der Waals surface area (Å²) in [5, 5.41) is 0. The molecule has 19 heavy (non-hydrogen) atoms. The first kappa shape index (κ1) is 14.9. The van der Waals surface area contributed by atoms with Crippen LogP contribution in [0.4, 0.5) is 13.2 Å². The van der Waals surface area contributed by atoms with Crippen LogP contribution in [-0.4, -0.2) is 22.8 Å². The minimum atomic E-state index is -4.25. The highest BCUT2D eigenvalue weighted by Crippen LogP contribution is 2.29. The molecule has 5 heteroatoms. The Bertz CT molecular complexity index is 416. The minimum Gasteiger partial charge on any atom is -0.298 e. The van der Waals surface area contributed by atoms with E-state index in [2.05, 4.69) is 27.8 Å². The third kappa shape index (κ3) is 3.96. The molecular formula is C14H17BrF3N. The molecule has 106 valence electrons. The van der Waals surface area contributed by atoms with Crippen molar-refractivity contribution in [2.45, 2.75) is 30.9 Å². The summed E-state index contributed by atoms with van der Waals surface area (Å²) < 4.78 is 37.4. The van der Waals surface area contributed by atoms with Gasteiger partial charge in [0.2, 0.25) is 0 Å². The Labute approximate surface area is 119 Å². The van der Waals surface area contributed by atoms with E-state index < -0.39 is 11.7 Å². The lowest BCUT2D eigenvalue weighted by atomic mass is 9.98. The SMILES string of the molecule is CC1CCN(Cc2ccc(C(F)(F)F)cc2)CC1Br. The van der Waals surface area contributed by atoms with E-state index in [0.29, 0.717) is 17.3 Å². The van der Waals surface area contributed by atoms with Gasteiger partial charge in [0.05, 0.1) is 5.56 Å². The lowest BCUT2D eigenvalue weighted by Crippen LogP contribution is -2.39. The largest absolute Gasteiger partial charge is 0.416 e. The average molecular weight is 336 g/mol. The zero-order chi connectivity index (χ0) is 14.0. The highest BCUT2D eigenvalue weighted by molar-refractivity contribution is 9.09. The fourth-order valence-corrected chi connectivity index (χ4v) is 2.96. The number of hydrogen-bond donors (Lipinski definition) is 0. The predicted molar refractivity (Wildman–Crippen MR) is 73.2 cm³/mol. The molecule has 1 heterocycles. The number of nitrogens with zero attached hydrogens (tertiary/aromatic N) is 1. The Morgan fingerprint density at radius 3 is 2.42 bits per heavy atom. The summed E-state index contributed by atoms with van der Waals surface area (Å²) in [5.74, 6) is 0.656. The van der Waals surface area contributed by atoms with E-state index in [9.17, 15) is 13.2 Å². The maximum Gasteiger partial charge on any atom is 0.416 e. The molecule has 2 atom stereocenters. The number of halogens is 4. The molecule has 1 aliphatic rings. The van der Waals surface area contributed by atoms with Crippen molar-refractivity contribution in [1.29, 1.82) is 0 Å². The van der Waals surface area contributed by atoms with Crippen LogP contribution in [0.2, 0.25) is 0 Å². The molecule has 0 bridgehead atoms. The van der Waals surface area contributed by atoms with Crippen molar-refractivity contribution in [2.24, 2.45) is 5.92 Å². The van der Waals surface area contributed by atoms with Crippen LogP contribution in [-0.2, 0) is 12.7 Å². The Balaban J connectivity index is 1.97. The first-order valence-electron chi connectivity index (χ1n) is 6.39. The van der Waals surface area contributed by atoms with Crippen molar-refractivity contribution in [3.8, 4) is 0 Å². The van der Waals surface area contributed by atoms with E-state index >= 15 is 0 Å². The molecule has 2 unspecified atom stereocenters. The molecule has 1 nitrogen and oxygen atoms in total. The van der Waals surface area contributed by atoms with Crippen LogP contribution in [0, 0.1) is 5.92 Å². The minimum absolute atomic E-state index is 0.468. The summed E-state index contributed by atoms with van der Waals surface area (Å²) in [7, 11) is 0. The van der Waals surface area contributed by atoms with E-state index in [-0.39, 0.29) is 0 Å². The standard InChI is InChI=1S/C14H17BrF3N/c1-10-6-7-19(9-13(10)15)8-11-2-4-12(5-3-11)14(16,17)18/h2-5,10,13H,6-9H2,1H3. The molecule has 1 aromatic rings. The molecular weight excluding hydrogens is 319 g/mol. The lowest BCUT2D eigenvalue weighted by Gasteiger charge is -2.34. The van der Waals surface area contributed by atoms with Crippen LogP contribution in [0.15, 0.2) is 24.3 Å². The third-order valence-electron chi connectivity index (χ3n) is 3.64. The predicted octanol–water partition coefficient (Wildman–Crippen LogP) is 4.31. The van der Waals surface area contributed by atoms with Crippen LogP contribution in [0.5, 0.6) is 0 Å². The van der Waals surface area contributed by atoms with Crippen molar-refractivity contribution in [3.63, 3.8) is 0 Å². The van der Waals surface area contributed by atoms with Gasteiger partial charge >= 0.3 is 6.18 Å². The first-order valence-corrected chi connectivity index (χ1v) is 7.30. The molecule has 1 fully saturated rings. The molecule has 0 radical (unpaired) electrons. The lowest BCUT2D eigenvalue weighted by molar-refractivity contribution is -0.137. The van der Waals surface area contributed by atoms with E-state index in [0.717, 1.165) is 37.2 Å². The summed E-state index contributed by atoms with van der Waals surface area (Å²) >= 11 is 3.65. The van der Waals surface area contributed by atoms with Gasteiger partial charge in [0, 0.05) is 17.9 Å². The summed E-state index contributed by atoms with van der Waals surface area (Å²) in [6.45, 7) is 4.88. The molecule has 2 rings (SSSR count). The molecule has 1 aromatic carbocycles. The fraction of sp³-hybridized carbons (Fsp3) is 0.571. The van der Waals surface area contributed by atoms with Crippen LogP contribution in [0.1, 0.15) is 24.5 Å². The molecule has 0 aromatic heterocycles. The van der Waals surface area contributed by atoms with Crippen LogP contribution in [0.25, 0.3) is 0 Å². The Hall–Kier alpha value is -0.550. The Morgan fingerprint density at radius 2 is 1.89 bits per heavy atom. The maximum absolute atomic E-state index is 12.5. The topological polar surface area (TPSA) is 3.24 Å². The van der Waals surface area contributed by atoms with Gasteiger partial charge in [-0.2, -0.15) is 13.2 Å². The molecule has 1 aliphatic heterocycles. The Morgan fingerprint density at radius 1 is 1.26 bits per heavy atom. The van der Waals surface area contributed by atoms with Gasteiger partial charge in [-0.25, -0.2) is 0 Å². The monoisotopic (exact) mass is 335 g/mol. The van der Waals surface area contributed by atoms with Crippen molar-refractivity contribution in [3.05, 3.63) is 35.4 Å². The fourth-order valence-electron chi connectivity index (χ4n) is 2.29. The van der Waals surface area contributed by atoms with Gasteiger partial charge in [0.1, 0.15) is 0 Å². The summed E-state index contributed by atoms with van der Waals surface area (Å²) in [6, 6.07) is 5.47. The van der Waals surface area contributed by atoms with Crippen molar-refractivity contribution in [1.82, 2.24) is 4.90 Å². The van der Waals surface area contributed by atoms with Gasteiger partial charge in [-0.3, -0.25) is 4.90 Å². The Kier molecular flexibility index (Phi) is 4.56. The molecule has 0 amide bonds. The van der Waals surface area contributed by atoms with Gasteiger partial charge in [-0.1, -0.05) is 35.0 Å². The second kappa shape index (κ2) is 5.83. The van der Waals surface area contributed by atoms with Crippen molar-refractivity contribution >= 4 is 15.9 Å². The summed E-state index contributed by atoms with van der Waals surface area (Å²) in [6.07, 6.45) is -3.13. The third-order valence-corrected chi connectivity index (χ3v) is 4.83. The normalized spacial score (nSPS) is 25.5. The maximum atomic E-state index is 12.5. The number of rotatable bonds is 2. The molecule has 0 N–H and O–H groups in total. The average Bonchev–Trinajstić information content (AvgIpc) is 2.33. The number of benzene rings is 1.